The number of carbonyl (C=O) groups excluding carboxylic acids is 1. The number of esters is 1. The van der Waals surface area contributed by atoms with Crippen molar-refractivity contribution in [3.8, 4) is 0 Å². The van der Waals surface area contributed by atoms with Crippen molar-refractivity contribution in [2.24, 2.45) is 63.9 Å². The third-order valence-corrected chi connectivity index (χ3v) is 11.7. The third kappa shape index (κ3) is 4.16. The number of aliphatic hydroxyl groups excluding tert-OH is 2. The van der Waals surface area contributed by atoms with E-state index in [1.165, 1.54) is 0 Å². The Labute approximate surface area is 207 Å². The van der Waals surface area contributed by atoms with Crippen LogP contribution in [-0.4, -0.2) is 41.0 Å². The average Bonchev–Trinajstić information content (AvgIpc) is 3.10. The monoisotopic (exact) mass is 477 g/mol. The topological polar surface area (TPSA) is 92.8 Å². The van der Waals surface area contributed by atoms with Crippen LogP contribution in [0, 0.1) is 58.2 Å². The molecule has 0 amide bonds. The van der Waals surface area contributed by atoms with Crippen molar-refractivity contribution in [3.05, 3.63) is 0 Å². The molecule has 4 N–H and O–H groups in total. The summed E-state index contributed by atoms with van der Waals surface area (Å²) in [6, 6.07) is 0.110. The van der Waals surface area contributed by atoms with E-state index < -0.39 is 12.2 Å². The van der Waals surface area contributed by atoms with Crippen LogP contribution in [0.4, 0.5) is 0 Å². The normalized spacial score (nSPS) is 45.9. The molecule has 0 aromatic carbocycles. The highest BCUT2D eigenvalue weighted by Crippen LogP contribution is 2.66. The molecule has 0 aromatic rings. The molecule has 0 aromatic heterocycles. The van der Waals surface area contributed by atoms with E-state index >= 15 is 0 Å². The lowest BCUT2D eigenvalue weighted by molar-refractivity contribution is -0.153. The van der Waals surface area contributed by atoms with E-state index in [2.05, 4.69) is 41.5 Å². The summed E-state index contributed by atoms with van der Waals surface area (Å²) in [7, 11) is 0. The van der Waals surface area contributed by atoms with Crippen LogP contribution in [0.25, 0.3) is 0 Å². The predicted molar refractivity (Wildman–Crippen MR) is 135 cm³/mol. The van der Waals surface area contributed by atoms with E-state index in [0.29, 0.717) is 36.2 Å². The van der Waals surface area contributed by atoms with Crippen molar-refractivity contribution in [1.29, 1.82) is 0 Å². The van der Waals surface area contributed by atoms with E-state index in [-0.39, 0.29) is 40.6 Å². The molecular weight excluding hydrogens is 426 g/mol. The molecule has 1 saturated heterocycles. The molecular formula is C29H51NO4. The van der Waals surface area contributed by atoms with E-state index in [9.17, 15) is 15.0 Å². The van der Waals surface area contributed by atoms with Crippen molar-refractivity contribution >= 4 is 5.97 Å². The fourth-order valence-electron chi connectivity index (χ4n) is 9.60. The summed E-state index contributed by atoms with van der Waals surface area (Å²) in [6.07, 6.45) is 6.79. The second-order valence-corrected chi connectivity index (χ2v) is 13.5. The Bertz CT molecular complexity index is 742. The van der Waals surface area contributed by atoms with E-state index in [1.807, 2.05) is 0 Å². The number of hydrogen-bond donors (Lipinski definition) is 3. The first kappa shape index (κ1) is 26.4. The number of aliphatic hydroxyl groups is 2. The Balaban J connectivity index is 1.56. The van der Waals surface area contributed by atoms with Crippen LogP contribution in [0.2, 0.25) is 0 Å². The Kier molecular flexibility index (Phi) is 7.51. The maximum Gasteiger partial charge on any atom is 0.309 e. The first-order valence-electron chi connectivity index (χ1n) is 14.2. The second-order valence-electron chi connectivity index (χ2n) is 13.5. The standard InChI is InChI=1S/C29H51NO4/c1-7-19(16(2)3)26(32)25(31)17(4)21-8-9-22-20-15-34-27(33)24-14-18(30)10-12-29(24,6)23(20)11-13-28(21,22)5/h16-26,31-32H,7-15,30H2,1-6H3/t17-,18+,19-,20-,21+,22-,23-,24+,25-,26-,28+,29+/m0/s1. The Hall–Kier alpha value is -0.650. The van der Waals surface area contributed by atoms with Gasteiger partial charge in [0.2, 0.25) is 0 Å². The zero-order valence-electron chi connectivity index (χ0n) is 22.5. The second kappa shape index (κ2) is 9.67. The number of nitrogens with two attached hydrogens (primary N) is 1. The van der Waals surface area contributed by atoms with Gasteiger partial charge >= 0.3 is 5.97 Å². The maximum absolute atomic E-state index is 13.1. The van der Waals surface area contributed by atoms with Gasteiger partial charge in [0.15, 0.2) is 0 Å². The molecule has 5 nitrogen and oxygen atoms in total. The fourth-order valence-corrected chi connectivity index (χ4v) is 9.60. The maximum atomic E-state index is 13.1. The lowest BCUT2D eigenvalue weighted by Crippen LogP contribution is -2.53. The van der Waals surface area contributed by atoms with E-state index in [4.69, 9.17) is 10.5 Å². The van der Waals surface area contributed by atoms with Gasteiger partial charge < -0.3 is 20.7 Å². The molecule has 0 spiro atoms. The fraction of sp³-hybridized carbons (Fsp3) is 0.966. The molecule has 0 unspecified atom stereocenters. The van der Waals surface area contributed by atoms with Gasteiger partial charge in [-0.3, -0.25) is 4.79 Å². The number of carbonyl (C=O) groups is 1. The SMILES string of the molecule is CC[C@@H](C(C)C)[C@H](O)[C@@H](O)[C@@H](C)[C@H]1CC[C@H]2[C@@H]3COC(=O)[C@H]4C[C@H](N)CC[C@]4(C)[C@H]3CC[C@]12C. The van der Waals surface area contributed by atoms with Gasteiger partial charge in [-0.15, -0.1) is 0 Å². The average molecular weight is 478 g/mol. The van der Waals surface area contributed by atoms with E-state index in [1.54, 1.807) is 0 Å². The highest BCUT2D eigenvalue weighted by atomic mass is 16.5. The zero-order chi connectivity index (χ0) is 25.0. The molecule has 4 aliphatic rings. The van der Waals surface area contributed by atoms with Gasteiger partial charge in [-0.2, -0.15) is 0 Å². The van der Waals surface area contributed by atoms with Gasteiger partial charge in [-0.1, -0.05) is 48.0 Å². The summed E-state index contributed by atoms with van der Waals surface area (Å²) in [6.45, 7) is 13.9. The van der Waals surface area contributed by atoms with Crippen LogP contribution >= 0.6 is 0 Å². The molecule has 0 radical (unpaired) electrons. The van der Waals surface area contributed by atoms with Crippen LogP contribution in [0.3, 0.4) is 0 Å². The van der Waals surface area contributed by atoms with Crippen molar-refractivity contribution in [2.75, 3.05) is 6.61 Å². The molecule has 34 heavy (non-hydrogen) atoms. The smallest absolute Gasteiger partial charge is 0.309 e. The summed E-state index contributed by atoms with van der Waals surface area (Å²) in [5, 5.41) is 22.4. The Morgan fingerprint density at radius 2 is 1.65 bits per heavy atom. The third-order valence-electron chi connectivity index (χ3n) is 11.7. The summed E-state index contributed by atoms with van der Waals surface area (Å²) in [5.74, 6) is 2.23. The molecule has 1 aliphatic heterocycles. The molecule has 3 saturated carbocycles. The minimum atomic E-state index is -0.695. The number of ether oxygens (including phenoxy) is 1. The van der Waals surface area contributed by atoms with Gasteiger partial charge in [0.05, 0.1) is 24.7 Å². The minimum Gasteiger partial charge on any atom is -0.465 e. The van der Waals surface area contributed by atoms with Crippen LogP contribution in [0.15, 0.2) is 0 Å². The van der Waals surface area contributed by atoms with Gasteiger partial charge in [-0.25, -0.2) is 0 Å². The van der Waals surface area contributed by atoms with Gasteiger partial charge in [0.25, 0.3) is 0 Å². The van der Waals surface area contributed by atoms with Crippen molar-refractivity contribution in [3.63, 3.8) is 0 Å². The number of rotatable bonds is 6. The number of hydrogen-bond acceptors (Lipinski definition) is 5. The summed E-state index contributed by atoms with van der Waals surface area (Å²) in [4.78, 5) is 13.1. The quantitative estimate of drug-likeness (QED) is 0.479. The van der Waals surface area contributed by atoms with Gasteiger partial charge in [0.1, 0.15) is 0 Å². The first-order valence-corrected chi connectivity index (χ1v) is 14.2. The lowest BCUT2D eigenvalue weighted by atomic mass is 9.48. The van der Waals surface area contributed by atoms with E-state index in [0.717, 1.165) is 51.4 Å². The largest absolute Gasteiger partial charge is 0.465 e. The summed E-state index contributed by atoms with van der Waals surface area (Å²) in [5.41, 5.74) is 6.40. The van der Waals surface area contributed by atoms with Crippen LogP contribution in [0.5, 0.6) is 0 Å². The zero-order valence-corrected chi connectivity index (χ0v) is 22.5. The molecule has 4 fully saturated rings. The Morgan fingerprint density at radius 3 is 2.29 bits per heavy atom. The molecule has 4 rings (SSSR count). The van der Waals surface area contributed by atoms with Crippen LogP contribution in [0.1, 0.15) is 92.9 Å². The highest BCUT2D eigenvalue weighted by Gasteiger charge is 2.62. The van der Waals surface area contributed by atoms with Crippen LogP contribution in [-0.2, 0) is 9.53 Å². The molecule has 3 aliphatic carbocycles. The molecule has 12 atom stereocenters. The predicted octanol–water partition coefficient (Wildman–Crippen LogP) is 4.78. The molecule has 0 bridgehead atoms. The van der Waals surface area contributed by atoms with Crippen LogP contribution < -0.4 is 5.73 Å². The number of fused-ring (bicyclic) bond motifs is 5. The van der Waals surface area contributed by atoms with Gasteiger partial charge in [-0.05, 0) is 97.2 Å². The molecule has 5 heteroatoms. The van der Waals surface area contributed by atoms with Crippen molar-refractivity contribution in [2.45, 2.75) is 111 Å². The first-order chi connectivity index (χ1) is 16.0. The van der Waals surface area contributed by atoms with Crippen molar-refractivity contribution < 1.29 is 19.7 Å². The lowest BCUT2D eigenvalue weighted by Gasteiger charge is -2.55. The summed E-state index contributed by atoms with van der Waals surface area (Å²) >= 11 is 0. The Morgan fingerprint density at radius 1 is 1.00 bits per heavy atom. The number of cyclic esters (lactones) is 1. The van der Waals surface area contributed by atoms with Gasteiger partial charge in [0, 0.05) is 6.04 Å². The minimum absolute atomic E-state index is 0.0134. The highest BCUT2D eigenvalue weighted by molar-refractivity contribution is 5.74. The molecule has 1 heterocycles. The molecule has 196 valence electrons. The summed E-state index contributed by atoms with van der Waals surface area (Å²) < 4.78 is 5.98. The van der Waals surface area contributed by atoms with Crippen molar-refractivity contribution in [1.82, 2.24) is 0 Å².